The fraction of sp³-hybridized carbons (Fsp3) is 0.250. The molecule has 4 heteroatoms. The van der Waals surface area contributed by atoms with E-state index in [0.29, 0.717) is 17.7 Å². The molecule has 1 aliphatic rings. The highest BCUT2D eigenvalue weighted by Crippen LogP contribution is 2.40. The summed E-state index contributed by atoms with van der Waals surface area (Å²) in [6.07, 6.45) is 4.54. The van der Waals surface area contributed by atoms with Crippen LogP contribution in [0.25, 0.3) is 0 Å². The van der Waals surface area contributed by atoms with Gasteiger partial charge in [0, 0.05) is 29.2 Å². The number of hydrogen-bond donors (Lipinski definition) is 1. The lowest BCUT2D eigenvalue weighted by atomic mass is 10.1. The molecule has 0 radical (unpaired) electrons. The maximum Gasteiger partial charge on any atom is 0.230 e. The molecule has 0 aliphatic heterocycles. The average molecular weight is 284 g/mol. The highest BCUT2D eigenvalue weighted by Gasteiger charge is 2.39. The zero-order valence-electron chi connectivity index (χ0n) is 11.0. The Morgan fingerprint density at radius 3 is 2.70 bits per heavy atom. The van der Waals surface area contributed by atoms with Crippen LogP contribution in [0.1, 0.15) is 17.9 Å². The van der Waals surface area contributed by atoms with Gasteiger partial charge < -0.3 is 5.32 Å². The summed E-state index contributed by atoms with van der Waals surface area (Å²) < 4.78 is 0. The highest BCUT2D eigenvalue weighted by atomic mass is 32.2. The van der Waals surface area contributed by atoms with E-state index in [4.69, 9.17) is 0 Å². The molecular formula is C16H16N2OS. The number of nitrogens with one attached hydrogen (secondary N) is 1. The second kappa shape index (κ2) is 6.09. The molecule has 3 nitrogen and oxygen atoms in total. The minimum Gasteiger partial charge on any atom is -0.352 e. The molecular weight excluding hydrogens is 268 g/mol. The van der Waals surface area contributed by atoms with E-state index in [1.807, 2.05) is 30.3 Å². The average Bonchev–Trinajstić information content (AvgIpc) is 3.26. The van der Waals surface area contributed by atoms with Gasteiger partial charge in [0.15, 0.2) is 0 Å². The monoisotopic (exact) mass is 284 g/mol. The van der Waals surface area contributed by atoms with E-state index < -0.39 is 0 Å². The molecule has 1 aromatic heterocycles. The lowest BCUT2D eigenvalue weighted by Crippen LogP contribution is -2.28. The Morgan fingerprint density at radius 1 is 1.20 bits per heavy atom. The van der Waals surface area contributed by atoms with Crippen molar-refractivity contribution in [1.29, 1.82) is 0 Å². The van der Waals surface area contributed by atoms with Crippen molar-refractivity contribution >= 4 is 17.7 Å². The number of carbonyl (C=O) groups is 1. The first-order chi connectivity index (χ1) is 9.83. The third kappa shape index (κ3) is 3.39. The molecule has 2 atom stereocenters. The van der Waals surface area contributed by atoms with Crippen LogP contribution in [0.3, 0.4) is 0 Å². The number of carbonyl (C=O) groups excluding carboxylic acids is 1. The first-order valence-electron chi connectivity index (χ1n) is 6.70. The highest BCUT2D eigenvalue weighted by molar-refractivity contribution is 8.00. The van der Waals surface area contributed by atoms with Crippen molar-refractivity contribution in [2.24, 2.45) is 0 Å². The third-order valence-corrected chi connectivity index (χ3v) is 4.40. The summed E-state index contributed by atoms with van der Waals surface area (Å²) in [6, 6.07) is 14.5. The second-order valence-electron chi connectivity index (χ2n) is 4.90. The first kappa shape index (κ1) is 13.2. The topological polar surface area (TPSA) is 42.0 Å². The van der Waals surface area contributed by atoms with E-state index in [1.165, 1.54) is 5.56 Å². The number of amides is 1. The Labute approximate surface area is 122 Å². The largest absolute Gasteiger partial charge is 0.352 e. The summed E-state index contributed by atoms with van der Waals surface area (Å²) in [4.78, 5) is 16.9. The minimum atomic E-state index is 0.107. The second-order valence-corrected chi connectivity index (χ2v) is 5.95. The van der Waals surface area contributed by atoms with E-state index in [9.17, 15) is 4.79 Å². The molecule has 1 heterocycles. The summed E-state index contributed by atoms with van der Waals surface area (Å²) in [6.45, 7) is 0. The van der Waals surface area contributed by atoms with Crippen molar-refractivity contribution in [3.63, 3.8) is 0 Å². The predicted molar refractivity (Wildman–Crippen MR) is 80.7 cm³/mol. The van der Waals surface area contributed by atoms with Crippen LogP contribution in [0, 0.1) is 0 Å². The molecule has 1 aromatic carbocycles. The number of hydrogen-bond acceptors (Lipinski definition) is 3. The van der Waals surface area contributed by atoms with Crippen LogP contribution in [-0.2, 0) is 4.79 Å². The molecule has 0 spiro atoms. The van der Waals surface area contributed by atoms with Gasteiger partial charge >= 0.3 is 0 Å². The quantitative estimate of drug-likeness (QED) is 0.858. The number of thioether (sulfide) groups is 1. The summed E-state index contributed by atoms with van der Waals surface area (Å²) in [7, 11) is 0. The van der Waals surface area contributed by atoms with Gasteiger partial charge in [-0.3, -0.25) is 9.78 Å². The summed E-state index contributed by atoms with van der Waals surface area (Å²) >= 11 is 1.54. The number of nitrogens with zero attached hydrogens (tertiary/aromatic N) is 1. The van der Waals surface area contributed by atoms with Crippen LogP contribution in [-0.4, -0.2) is 22.7 Å². The molecule has 1 fully saturated rings. The van der Waals surface area contributed by atoms with Crippen molar-refractivity contribution in [2.45, 2.75) is 23.3 Å². The van der Waals surface area contributed by atoms with E-state index in [0.717, 1.165) is 11.3 Å². The number of pyridine rings is 1. The molecule has 1 amide bonds. The predicted octanol–water partition coefficient (Wildman–Crippen LogP) is 2.85. The standard InChI is InChI=1S/C16H16N2OS/c19-16(11-20-13-6-8-17-9-7-13)18-15-10-14(15)12-4-2-1-3-5-12/h1-9,14-15H,10-11H2,(H,18,19)/t14-,15+/m0/s1. The van der Waals surface area contributed by atoms with Gasteiger partial charge in [0.05, 0.1) is 5.75 Å². The molecule has 20 heavy (non-hydrogen) atoms. The van der Waals surface area contributed by atoms with Crippen LogP contribution in [0.5, 0.6) is 0 Å². The van der Waals surface area contributed by atoms with Gasteiger partial charge in [0.25, 0.3) is 0 Å². The van der Waals surface area contributed by atoms with Crippen LogP contribution in [0.2, 0.25) is 0 Å². The maximum atomic E-state index is 11.9. The zero-order valence-corrected chi connectivity index (χ0v) is 11.8. The Hall–Kier alpha value is -1.81. The smallest absolute Gasteiger partial charge is 0.230 e. The zero-order chi connectivity index (χ0) is 13.8. The Bertz CT molecular complexity index is 574. The van der Waals surface area contributed by atoms with Crippen molar-refractivity contribution in [3.05, 3.63) is 60.4 Å². The van der Waals surface area contributed by atoms with Gasteiger partial charge in [0.1, 0.15) is 0 Å². The van der Waals surface area contributed by atoms with E-state index >= 15 is 0 Å². The Kier molecular flexibility index (Phi) is 4.02. The minimum absolute atomic E-state index is 0.107. The van der Waals surface area contributed by atoms with E-state index in [2.05, 4.69) is 22.4 Å². The summed E-state index contributed by atoms with van der Waals surface area (Å²) in [5.74, 6) is 1.06. The third-order valence-electron chi connectivity index (χ3n) is 3.38. The van der Waals surface area contributed by atoms with Gasteiger partial charge in [0.2, 0.25) is 5.91 Å². The Morgan fingerprint density at radius 2 is 1.95 bits per heavy atom. The van der Waals surface area contributed by atoms with Gasteiger partial charge in [-0.25, -0.2) is 0 Å². The number of aromatic nitrogens is 1. The summed E-state index contributed by atoms with van der Waals surface area (Å²) in [5.41, 5.74) is 1.32. The lowest BCUT2D eigenvalue weighted by Gasteiger charge is -2.05. The molecule has 0 saturated heterocycles. The molecule has 1 N–H and O–H groups in total. The van der Waals surface area contributed by atoms with Crippen molar-refractivity contribution < 1.29 is 4.79 Å². The van der Waals surface area contributed by atoms with E-state index in [1.54, 1.807) is 24.2 Å². The van der Waals surface area contributed by atoms with Crippen LogP contribution < -0.4 is 5.32 Å². The van der Waals surface area contributed by atoms with Gasteiger partial charge in [-0.15, -0.1) is 11.8 Å². The SMILES string of the molecule is O=C(CSc1ccncc1)N[C@@H]1C[C@H]1c1ccccc1. The maximum absolute atomic E-state index is 11.9. The van der Waals surface area contributed by atoms with Crippen LogP contribution in [0.15, 0.2) is 59.8 Å². The molecule has 3 rings (SSSR count). The van der Waals surface area contributed by atoms with Gasteiger partial charge in [-0.05, 0) is 24.1 Å². The normalized spacial score (nSPS) is 20.4. The fourth-order valence-electron chi connectivity index (χ4n) is 2.25. The Balaban J connectivity index is 1.45. The fourth-order valence-corrected chi connectivity index (χ4v) is 2.95. The van der Waals surface area contributed by atoms with Gasteiger partial charge in [-0.1, -0.05) is 30.3 Å². The van der Waals surface area contributed by atoms with Crippen molar-refractivity contribution in [2.75, 3.05) is 5.75 Å². The molecule has 2 aromatic rings. The molecule has 102 valence electrons. The van der Waals surface area contributed by atoms with Gasteiger partial charge in [-0.2, -0.15) is 0 Å². The molecule has 1 aliphatic carbocycles. The summed E-state index contributed by atoms with van der Waals surface area (Å²) in [5, 5.41) is 3.10. The van der Waals surface area contributed by atoms with Crippen molar-refractivity contribution in [3.8, 4) is 0 Å². The first-order valence-corrected chi connectivity index (χ1v) is 7.68. The van der Waals surface area contributed by atoms with Crippen molar-refractivity contribution in [1.82, 2.24) is 10.3 Å². The molecule has 0 unspecified atom stereocenters. The number of rotatable bonds is 5. The van der Waals surface area contributed by atoms with E-state index in [-0.39, 0.29) is 5.91 Å². The molecule has 0 bridgehead atoms. The van der Waals surface area contributed by atoms with Crippen LogP contribution >= 0.6 is 11.8 Å². The molecule has 1 saturated carbocycles. The number of benzene rings is 1. The lowest BCUT2D eigenvalue weighted by molar-refractivity contribution is -0.118. The van der Waals surface area contributed by atoms with Crippen LogP contribution in [0.4, 0.5) is 0 Å².